The average molecular weight is 328 g/mol. The topological polar surface area (TPSA) is 65.7 Å². The maximum absolute atomic E-state index is 11.8. The zero-order valence-electron chi connectivity index (χ0n) is 14.0. The second-order valence-corrected chi connectivity index (χ2v) is 6.46. The Kier molecular flexibility index (Phi) is 4.28. The lowest BCUT2D eigenvalue weighted by Crippen LogP contribution is -2.27. The van der Waals surface area contributed by atoms with Crippen molar-refractivity contribution in [2.45, 2.75) is 38.9 Å². The van der Waals surface area contributed by atoms with Crippen molar-refractivity contribution in [2.24, 2.45) is 0 Å². The van der Waals surface area contributed by atoms with Gasteiger partial charge < -0.3 is 13.9 Å². The Labute approximate surface area is 139 Å². The normalized spacial score (nSPS) is 20.5. The second kappa shape index (κ2) is 6.24. The van der Waals surface area contributed by atoms with Gasteiger partial charge in [-0.1, -0.05) is 0 Å². The van der Waals surface area contributed by atoms with Crippen molar-refractivity contribution in [3.05, 3.63) is 52.4 Å². The maximum atomic E-state index is 11.8. The highest BCUT2D eigenvalue weighted by Gasteiger charge is 2.40. The summed E-state index contributed by atoms with van der Waals surface area (Å²) in [7, 11) is 0. The van der Waals surface area contributed by atoms with Gasteiger partial charge in [-0.15, -0.1) is 0 Å². The smallest absolute Gasteiger partial charge is 0.336 e. The van der Waals surface area contributed by atoms with Crippen molar-refractivity contribution in [3.8, 4) is 5.75 Å². The Morgan fingerprint density at radius 1 is 1.29 bits per heavy atom. The van der Waals surface area contributed by atoms with Crippen LogP contribution in [0.15, 0.2) is 51.2 Å². The summed E-state index contributed by atoms with van der Waals surface area (Å²) >= 11 is 0. The van der Waals surface area contributed by atoms with Crippen LogP contribution in [0.5, 0.6) is 5.75 Å². The Morgan fingerprint density at radius 2 is 2.04 bits per heavy atom. The van der Waals surface area contributed by atoms with Gasteiger partial charge in [-0.25, -0.2) is 4.79 Å². The predicted octanol–water partition coefficient (Wildman–Crippen LogP) is 3.25. The van der Waals surface area contributed by atoms with Gasteiger partial charge >= 0.3 is 5.63 Å². The van der Waals surface area contributed by atoms with E-state index in [0.717, 1.165) is 11.0 Å². The molecule has 2 aromatic rings. The second-order valence-electron chi connectivity index (χ2n) is 6.46. The van der Waals surface area contributed by atoms with E-state index in [1.807, 2.05) is 25.1 Å². The van der Waals surface area contributed by atoms with Crippen molar-refractivity contribution in [1.29, 1.82) is 0 Å². The van der Waals surface area contributed by atoms with Crippen LogP contribution in [-0.2, 0) is 9.53 Å². The van der Waals surface area contributed by atoms with Crippen LogP contribution in [0.3, 0.4) is 0 Å². The Bertz CT molecular complexity index is 859. The zero-order valence-corrected chi connectivity index (χ0v) is 14.0. The molecule has 1 aromatic carbocycles. The Morgan fingerprint density at radius 3 is 2.75 bits per heavy atom. The molecule has 5 heteroatoms. The number of carbonyl (C=O) groups excluding carboxylic acids is 1. The molecule has 5 nitrogen and oxygen atoms in total. The minimum absolute atomic E-state index is 0.116. The van der Waals surface area contributed by atoms with Crippen molar-refractivity contribution in [2.75, 3.05) is 6.61 Å². The number of benzene rings is 1. The largest absolute Gasteiger partial charge is 0.489 e. The summed E-state index contributed by atoms with van der Waals surface area (Å²) < 4.78 is 16.6. The third kappa shape index (κ3) is 3.41. The standard InChI is InChI=1S/C19H20O5/c1-12(15-11-17(20)19(2,3)24-15)8-9-22-14-6-4-13-5-7-18(21)23-16(13)10-14/h4-8,10,15H,9,11H2,1-3H3/b12-8+. The molecule has 1 aromatic heterocycles. The number of ketones is 1. The summed E-state index contributed by atoms with van der Waals surface area (Å²) in [6, 6.07) is 8.46. The minimum Gasteiger partial charge on any atom is -0.489 e. The highest BCUT2D eigenvalue weighted by Crippen LogP contribution is 2.30. The van der Waals surface area contributed by atoms with Gasteiger partial charge in [-0.3, -0.25) is 4.79 Å². The molecule has 1 fully saturated rings. The van der Waals surface area contributed by atoms with E-state index in [0.29, 0.717) is 24.4 Å². The van der Waals surface area contributed by atoms with E-state index in [4.69, 9.17) is 13.9 Å². The number of fused-ring (bicyclic) bond motifs is 1. The van der Waals surface area contributed by atoms with Crippen molar-refractivity contribution in [3.63, 3.8) is 0 Å². The molecule has 1 unspecified atom stereocenters. The molecule has 3 rings (SSSR count). The van der Waals surface area contributed by atoms with Crippen molar-refractivity contribution < 1.29 is 18.7 Å². The molecule has 24 heavy (non-hydrogen) atoms. The summed E-state index contributed by atoms with van der Waals surface area (Å²) in [6.45, 7) is 5.87. The fourth-order valence-corrected chi connectivity index (χ4v) is 2.66. The van der Waals surface area contributed by atoms with Crippen LogP contribution in [0.2, 0.25) is 0 Å². The van der Waals surface area contributed by atoms with E-state index < -0.39 is 5.60 Å². The van der Waals surface area contributed by atoms with E-state index in [1.54, 1.807) is 26.0 Å². The first-order chi connectivity index (χ1) is 11.3. The van der Waals surface area contributed by atoms with Crippen LogP contribution in [0, 0.1) is 0 Å². The molecular weight excluding hydrogens is 308 g/mol. The van der Waals surface area contributed by atoms with E-state index in [-0.39, 0.29) is 17.5 Å². The zero-order chi connectivity index (χ0) is 17.3. The van der Waals surface area contributed by atoms with Gasteiger partial charge in [0.15, 0.2) is 5.78 Å². The molecule has 0 saturated carbocycles. The Balaban J connectivity index is 1.65. The highest BCUT2D eigenvalue weighted by molar-refractivity contribution is 5.89. The van der Waals surface area contributed by atoms with Crippen LogP contribution in [0.1, 0.15) is 27.2 Å². The third-order valence-corrected chi connectivity index (χ3v) is 4.24. The van der Waals surface area contributed by atoms with Crippen LogP contribution in [0.4, 0.5) is 0 Å². The van der Waals surface area contributed by atoms with E-state index >= 15 is 0 Å². The van der Waals surface area contributed by atoms with Crippen LogP contribution in [0.25, 0.3) is 11.0 Å². The van der Waals surface area contributed by atoms with Gasteiger partial charge in [0.1, 0.15) is 23.5 Å². The summed E-state index contributed by atoms with van der Waals surface area (Å²) in [6.07, 6.45) is 2.12. The predicted molar refractivity (Wildman–Crippen MR) is 90.3 cm³/mol. The quantitative estimate of drug-likeness (QED) is 0.637. The summed E-state index contributed by atoms with van der Waals surface area (Å²) in [5, 5.41) is 0.841. The minimum atomic E-state index is -0.712. The Hall–Kier alpha value is -2.40. The molecule has 1 aliphatic rings. The summed E-state index contributed by atoms with van der Waals surface area (Å²) in [4.78, 5) is 23.1. The first-order valence-electron chi connectivity index (χ1n) is 7.90. The van der Waals surface area contributed by atoms with Gasteiger partial charge in [-0.05, 0) is 50.6 Å². The highest BCUT2D eigenvalue weighted by atomic mass is 16.5. The first-order valence-corrected chi connectivity index (χ1v) is 7.90. The molecule has 0 spiro atoms. The van der Waals surface area contributed by atoms with Gasteiger partial charge in [0, 0.05) is 23.9 Å². The van der Waals surface area contributed by atoms with Crippen molar-refractivity contribution in [1.82, 2.24) is 0 Å². The SMILES string of the molecule is C/C(=C\COc1ccc2ccc(=O)oc2c1)C1CC(=O)C(C)(C)O1. The molecule has 126 valence electrons. The van der Waals surface area contributed by atoms with Crippen LogP contribution >= 0.6 is 0 Å². The molecule has 1 aliphatic heterocycles. The number of hydrogen-bond acceptors (Lipinski definition) is 5. The van der Waals surface area contributed by atoms with Crippen LogP contribution < -0.4 is 10.4 Å². The van der Waals surface area contributed by atoms with Gasteiger partial charge in [0.05, 0.1) is 6.10 Å². The first kappa shape index (κ1) is 16.5. The fraction of sp³-hybridized carbons (Fsp3) is 0.368. The van der Waals surface area contributed by atoms with E-state index in [2.05, 4.69) is 0 Å². The molecule has 0 bridgehead atoms. The lowest BCUT2D eigenvalue weighted by molar-refractivity contribution is -0.129. The molecule has 0 N–H and O–H groups in total. The number of ether oxygens (including phenoxy) is 2. The van der Waals surface area contributed by atoms with Crippen molar-refractivity contribution >= 4 is 16.8 Å². The maximum Gasteiger partial charge on any atom is 0.336 e. The van der Waals surface area contributed by atoms with Gasteiger partial charge in [0.2, 0.25) is 0 Å². The molecule has 1 saturated heterocycles. The van der Waals surface area contributed by atoms with E-state index in [1.165, 1.54) is 6.07 Å². The summed E-state index contributed by atoms with van der Waals surface area (Å²) in [5.74, 6) is 0.732. The number of Topliss-reactive ketones (excluding diaryl/α,β-unsaturated/α-hetero) is 1. The monoisotopic (exact) mass is 328 g/mol. The van der Waals surface area contributed by atoms with Gasteiger partial charge in [-0.2, -0.15) is 0 Å². The summed E-state index contributed by atoms with van der Waals surface area (Å²) in [5.41, 5.74) is 0.366. The average Bonchev–Trinajstić information content (AvgIpc) is 2.80. The number of hydrogen-bond donors (Lipinski definition) is 0. The molecule has 2 heterocycles. The lowest BCUT2D eigenvalue weighted by atomic mass is 10.0. The van der Waals surface area contributed by atoms with E-state index in [9.17, 15) is 9.59 Å². The molecular formula is C19H20O5. The van der Waals surface area contributed by atoms with Crippen LogP contribution in [-0.4, -0.2) is 24.1 Å². The fourth-order valence-electron chi connectivity index (χ4n) is 2.66. The third-order valence-electron chi connectivity index (χ3n) is 4.24. The lowest BCUT2D eigenvalue weighted by Gasteiger charge is -2.18. The molecule has 1 atom stereocenters. The molecule has 0 radical (unpaired) electrons. The van der Waals surface area contributed by atoms with Gasteiger partial charge in [0.25, 0.3) is 0 Å². The number of carbonyl (C=O) groups is 1. The molecule has 0 aliphatic carbocycles. The number of rotatable bonds is 4. The molecule has 0 amide bonds.